The van der Waals surface area contributed by atoms with Crippen LogP contribution in [0.1, 0.15) is 30.9 Å². The number of nitrogens with one attached hydrogen (secondary N) is 1. The largest absolute Gasteiger partial charge is 0.409 e. The van der Waals surface area contributed by atoms with Crippen LogP contribution in [0.25, 0.3) is 0 Å². The number of amidine groups is 1. The molecule has 19 heavy (non-hydrogen) atoms. The number of amides is 1. The number of carbonyl (C=O) groups excluding carboxylic acids is 1. The summed E-state index contributed by atoms with van der Waals surface area (Å²) in [5.74, 6) is 0.0881. The second kappa shape index (κ2) is 7.41. The number of hydrogen-bond donors (Lipinski definition) is 3. The second-order valence-electron chi connectivity index (χ2n) is 4.75. The summed E-state index contributed by atoms with van der Waals surface area (Å²) in [6.45, 7) is 3.85. The average molecular weight is 263 g/mol. The average Bonchev–Trinajstić information content (AvgIpc) is 2.37. The van der Waals surface area contributed by atoms with Gasteiger partial charge < -0.3 is 16.3 Å². The Bertz CT molecular complexity index is 441. The molecule has 4 N–H and O–H groups in total. The Kier molecular flexibility index (Phi) is 5.85. The van der Waals surface area contributed by atoms with Gasteiger partial charge in [0.2, 0.25) is 5.91 Å². The van der Waals surface area contributed by atoms with Gasteiger partial charge in [0.1, 0.15) is 5.84 Å². The Hall–Kier alpha value is -2.04. The molecule has 104 valence electrons. The number of rotatable bonds is 6. The van der Waals surface area contributed by atoms with E-state index in [0.29, 0.717) is 19.3 Å². The van der Waals surface area contributed by atoms with Gasteiger partial charge in [-0.05, 0) is 25.8 Å². The smallest absolute Gasteiger partial charge is 0.220 e. The highest BCUT2D eigenvalue weighted by Gasteiger charge is 2.09. The van der Waals surface area contributed by atoms with Crippen molar-refractivity contribution < 1.29 is 10.0 Å². The maximum absolute atomic E-state index is 11.7. The molecule has 0 saturated heterocycles. The molecule has 1 rings (SSSR count). The van der Waals surface area contributed by atoms with Crippen molar-refractivity contribution >= 4 is 11.7 Å². The number of nitrogens with zero attached hydrogens (tertiary/aromatic N) is 1. The van der Waals surface area contributed by atoms with Crippen molar-refractivity contribution in [2.24, 2.45) is 10.9 Å². The molecule has 1 aromatic carbocycles. The Morgan fingerprint density at radius 3 is 2.63 bits per heavy atom. The zero-order chi connectivity index (χ0) is 14.3. The monoisotopic (exact) mass is 263 g/mol. The molecule has 0 heterocycles. The maximum Gasteiger partial charge on any atom is 0.220 e. The van der Waals surface area contributed by atoms with Gasteiger partial charge >= 0.3 is 0 Å². The normalized spacial score (nSPS) is 13.1. The molecule has 1 amide bonds. The highest BCUT2D eigenvalue weighted by Crippen LogP contribution is 2.06. The summed E-state index contributed by atoms with van der Waals surface area (Å²) in [6, 6.07) is 7.99. The van der Waals surface area contributed by atoms with E-state index in [1.54, 1.807) is 0 Å². The van der Waals surface area contributed by atoms with E-state index in [4.69, 9.17) is 10.9 Å². The van der Waals surface area contributed by atoms with Gasteiger partial charge in [-0.2, -0.15) is 0 Å². The van der Waals surface area contributed by atoms with Crippen molar-refractivity contribution in [1.82, 2.24) is 5.32 Å². The molecule has 1 aromatic rings. The molecule has 1 unspecified atom stereocenters. The van der Waals surface area contributed by atoms with E-state index in [2.05, 4.69) is 10.5 Å². The molecule has 0 aliphatic carbocycles. The van der Waals surface area contributed by atoms with Gasteiger partial charge in [0.25, 0.3) is 0 Å². The van der Waals surface area contributed by atoms with E-state index in [-0.39, 0.29) is 17.8 Å². The van der Waals surface area contributed by atoms with Crippen LogP contribution in [0.15, 0.2) is 29.4 Å². The van der Waals surface area contributed by atoms with Crippen LogP contribution in [0.5, 0.6) is 0 Å². The summed E-state index contributed by atoms with van der Waals surface area (Å²) in [5.41, 5.74) is 7.73. The third-order valence-corrected chi connectivity index (χ3v) is 2.81. The fourth-order valence-electron chi connectivity index (χ4n) is 1.77. The van der Waals surface area contributed by atoms with Gasteiger partial charge in [0.05, 0.1) is 0 Å². The summed E-state index contributed by atoms with van der Waals surface area (Å²) >= 11 is 0. The molecule has 0 fully saturated rings. The van der Waals surface area contributed by atoms with Crippen molar-refractivity contribution in [3.8, 4) is 0 Å². The predicted molar refractivity (Wildman–Crippen MR) is 75.1 cm³/mol. The Balaban J connectivity index is 2.33. The van der Waals surface area contributed by atoms with Crippen LogP contribution in [0, 0.1) is 6.92 Å². The van der Waals surface area contributed by atoms with Crippen LogP contribution in [0.3, 0.4) is 0 Å². The minimum atomic E-state index is -0.138. The predicted octanol–water partition coefficient (Wildman–Crippen LogP) is 1.57. The molecule has 0 aromatic heterocycles. The first kappa shape index (κ1) is 15.0. The minimum Gasteiger partial charge on any atom is -0.409 e. The summed E-state index contributed by atoms with van der Waals surface area (Å²) in [5, 5.41) is 14.1. The zero-order valence-corrected chi connectivity index (χ0v) is 11.4. The lowest BCUT2D eigenvalue weighted by Gasteiger charge is -2.12. The third kappa shape index (κ3) is 5.90. The quantitative estimate of drug-likeness (QED) is 0.315. The van der Waals surface area contributed by atoms with Crippen molar-refractivity contribution in [2.45, 2.75) is 39.2 Å². The third-order valence-electron chi connectivity index (χ3n) is 2.81. The lowest BCUT2D eigenvalue weighted by Crippen LogP contribution is -2.35. The van der Waals surface area contributed by atoms with E-state index in [1.165, 1.54) is 5.56 Å². The SMILES string of the molecule is Cc1ccc(CCC(=O)NC(C)CC(N)=NO)cc1. The number of benzene rings is 1. The summed E-state index contributed by atoms with van der Waals surface area (Å²) in [6.07, 6.45) is 1.48. The van der Waals surface area contributed by atoms with E-state index >= 15 is 0 Å². The molecule has 5 nitrogen and oxygen atoms in total. The topological polar surface area (TPSA) is 87.7 Å². The van der Waals surface area contributed by atoms with Gasteiger partial charge in [-0.1, -0.05) is 35.0 Å². The Morgan fingerprint density at radius 1 is 1.42 bits per heavy atom. The lowest BCUT2D eigenvalue weighted by molar-refractivity contribution is -0.121. The standard InChI is InChI=1S/C14H21N3O2/c1-10-3-5-12(6-4-10)7-8-14(18)16-11(2)9-13(15)17-19/h3-6,11,19H,7-9H2,1-2H3,(H2,15,17)(H,16,18). The molecule has 1 atom stereocenters. The van der Waals surface area contributed by atoms with Crippen LogP contribution >= 0.6 is 0 Å². The lowest BCUT2D eigenvalue weighted by atomic mass is 10.1. The van der Waals surface area contributed by atoms with E-state index in [0.717, 1.165) is 5.56 Å². The summed E-state index contributed by atoms with van der Waals surface area (Å²) < 4.78 is 0. The maximum atomic E-state index is 11.7. The number of aryl methyl sites for hydroxylation is 2. The second-order valence-corrected chi connectivity index (χ2v) is 4.75. The van der Waals surface area contributed by atoms with Gasteiger partial charge in [0.15, 0.2) is 0 Å². The Labute approximate surface area is 113 Å². The minimum absolute atomic E-state index is 0.0289. The fraction of sp³-hybridized carbons (Fsp3) is 0.429. The van der Waals surface area contributed by atoms with E-state index in [1.807, 2.05) is 38.1 Å². The first-order valence-corrected chi connectivity index (χ1v) is 6.32. The number of nitrogens with two attached hydrogens (primary N) is 1. The molecule has 0 saturated carbocycles. The molecule has 0 spiro atoms. The molecule has 5 heteroatoms. The Morgan fingerprint density at radius 2 is 2.05 bits per heavy atom. The first-order chi connectivity index (χ1) is 9.01. The first-order valence-electron chi connectivity index (χ1n) is 6.32. The van der Waals surface area contributed by atoms with Crippen molar-refractivity contribution in [3.05, 3.63) is 35.4 Å². The molecular weight excluding hydrogens is 242 g/mol. The molecule has 0 radical (unpaired) electrons. The van der Waals surface area contributed by atoms with Crippen molar-refractivity contribution in [3.63, 3.8) is 0 Å². The van der Waals surface area contributed by atoms with E-state index in [9.17, 15) is 4.79 Å². The van der Waals surface area contributed by atoms with Gasteiger partial charge in [-0.15, -0.1) is 0 Å². The summed E-state index contributed by atoms with van der Waals surface area (Å²) in [7, 11) is 0. The molecule has 0 aliphatic rings. The highest BCUT2D eigenvalue weighted by molar-refractivity contribution is 5.81. The molecular formula is C14H21N3O2. The molecule has 0 aliphatic heterocycles. The van der Waals surface area contributed by atoms with Crippen LogP contribution in [-0.4, -0.2) is 23.0 Å². The van der Waals surface area contributed by atoms with Crippen LogP contribution in [0.2, 0.25) is 0 Å². The van der Waals surface area contributed by atoms with Gasteiger partial charge in [0, 0.05) is 18.9 Å². The number of oxime groups is 1. The molecule has 0 bridgehead atoms. The number of hydrogen-bond acceptors (Lipinski definition) is 3. The van der Waals surface area contributed by atoms with Gasteiger partial charge in [-0.3, -0.25) is 4.79 Å². The van der Waals surface area contributed by atoms with Crippen LogP contribution in [0.4, 0.5) is 0 Å². The number of carbonyl (C=O) groups is 1. The fourth-order valence-corrected chi connectivity index (χ4v) is 1.77. The van der Waals surface area contributed by atoms with Crippen LogP contribution in [-0.2, 0) is 11.2 Å². The zero-order valence-electron chi connectivity index (χ0n) is 11.4. The van der Waals surface area contributed by atoms with Crippen LogP contribution < -0.4 is 11.1 Å². The highest BCUT2D eigenvalue weighted by atomic mass is 16.4. The van der Waals surface area contributed by atoms with Gasteiger partial charge in [-0.25, -0.2) is 0 Å². The van der Waals surface area contributed by atoms with E-state index < -0.39 is 0 Å². The van der Waals surface area contributed by atoms with Crippen molar-refractivity contribution in [2.75, 3.05) is 0 Å². The van der Waals surface area contributed by atoms with Crippen molar-refractivity contribution in [1.29, 1.82) is 0 Å². The summed E-state index contributed by atoms with van der Waals surface area (Å²) in [4.78, 5) is 11.7.